The molecule has 7 nitrogen and oxygen atoms in total. The molecule has 0 radical (unpaired) electrons. The van der Waals surface area contributed by atoms with Crippen LogP contribution in [0.5, 0.6) is 0 Å². The van der Waals surface area contributed by atoms with E-state index in [2.05, 4.69) is 16.0 Å². The van der Waals surface area contributed by atoms with E-state index >= 15 is 0 Å². The van der Waals surface area contributed by atoms with E-state index in [-0.39, 0.29) is 23.9 Å². The molecule has 35 heavy (non-hydrogen) atoms. The Morgan fingerprint density at radius 3 is 2.20 bits per heavy atom. The maximum Gasteiger partial charge on any atom is 0.306 e. The van der Waals surface area contributed by atoms with Crippen molar-refractivity contribution in [2.75, 3.05) is 17.2 Å². The van der Waals surface area contributed by atoms with Crippen LogP contribution in [0.4, 0.5) is 11.4 Å². The first-order chi connectivity index (χ1) is 17.0. The fraction of sp³-hybridized carbons (Fsp3) is 0.185. The number of amides is 2. The number of rotatable bonds is 10. The lowest BCUT2D eigenvalue weighted by molar-refractivity contribution is -0.145. The van der Waals surface area contributed by atoms with Gasteiger partial charge in [0.2, 0.25) is 5.91 Å². The highest BCUT2D eigenvalue weighted by atomic mass is 32.1. The van der Waals surface area contributed by atoms with Crippen molar-refractivity contribution in [1.29, 1.82) is 0 Å². The van der Waals surface area contributed by atoms with Crippen LogP contribution < -0.4 is 16.0 Å². The normalized spacial score (nSPS) is 10.2. The summed E-state index contributed by atoms with van der Waals surface area (Å²) in [6, 6.07) is 25.8. The number of nitrogens with one attached hydrogen (secondary N) is 3. The second-order valence-corrected chi connectivity index (χ2v) is 8.12. The predicted molar refractivity (Wildman–Crippen MR) is 140 cm³/mol. The number of ether oxygens (including phenoxy) is 1. The van der Waals surface area contributed by atoms with Gasteiger partial charge in [-0.3, -0.25) is 14.4 Å². The Labute approximate surface area is 209 Å². The number of carbonyl (C=O) groups is 3. The second-order valence-electron chi connectivity index (χ2n) is 7.71. The first-order valence-corrected chi connectivity index (χ1v) is 11.7. The molecule has 2 amide bonds. The van der Waals surface area contributed by atoms with Crippen LogP contribution in [0.2, 0.25) is 0 Å². The summed E-state index contributed by atoms with van der Waals surface area (Å²) in [5.41, 5.74) is 2.86. The van der Waals surface area contributed by atoms with Crippen molar-refractivity contribution in [2.24, 2.45) is 0 Å². The van der Waals surface area contributed by atoms with Crippen LogP contribution in [0, 0.1) is 0 Å². The van der Waals surface area contributed by atoms with Crippen molar-refractivity contribution in [2.45, 2.75) is 25.7 Å². The largest absolute Gasteiger partial charge is 0.466 e. The van der Waals surface area contributed by atoms with Gasteiger partial charge in [0.05, 0.1) is 13.0 Å². The van der Waals surface area contributed by atoms with Crippen LogP contribution in [0.25, 0.3) is 0 Å². The number of aryl methyl sites for hydroxylation is 1. The number of carbonyl (C=O) groups excluding carboxylic acids is 3. The van der Waals surface area contributed by atoms with Crippen molar-refractivity contribution in [3.05, 3.63) is 96.1 Å². The standard InChI is InChI=1S/C27H27N3O4S/c31-24(16-17-25(32)34-18-8-11-20-9-3-1-4-10-20)30-27(35)29-23-15-7-12-21(19-23)26(33)28-22-13-5-2-6-14-22/h1-7,9-10,12-15,19H,8,11,16-18H2,(H,28,33)(H2,29,30,31,35). The van der Waals surface area contributed by atoms with E-state index < -0.39 is 11.9 Å². The first-order valence-electron chi connectivity index (χ1n) is 11.3. The molecule has 0 aliphatic rings. The topological polar surface area (TPSA) is 96.5 Å². The average molecular weight is 490 g/mol. The first kappa shape index (κ1) is 25.6. The van der Waals surface area contributed by atoms with Crippen LogP contribution in [0.1, 0.15) is 35.2 Å². The Hall–Kier alpha value is -4.04. The van der Waals surface area contributed by atoms with Crippen LogP contribution >= 0.6 is 12.2 Å². The maximum atomic E-state index is 12.5. The molecule has 0 aliphatic carbocycles. The molecule has 0 heterocycles. The zero-order valence-electron chi connectivity index (χ0n) is 19.2. The molecule has 3 rings (SSSR count). The van der Waals surface area contributed by atoms with E-state index in [1.165, 1.54) is 5.56 Å². The van der Waals surface area contributed by atoms with Crippen LogP contribution in [-0.2, 0) is 20.7 Å². The van der Waals surface area contributed by atoms with Gasteiger partial charge in [0.25, 0.3) is 5.91 Å². The summed E-state index contributed by atoms with van der Waals surface area (Å²) in [5, 5.41) is 8.30. The molecule has 0 atom stereocenters. The minimum Gasteiger partial charge on any atom is -0.466 e. The molecule has 3 aromatic rings. The summed E-state index contributed by atoms with van der Waals surface area (Å²) in [6.45, 7) is 0.309. The zero-order chi connectivity index (χ0) is 24.9. The second kappa shape index (κ2) is 13.6. The van der Waals surface area contributed by atoms with Gasteiger partial charge in [0.1, 0.15) is 0 Å². The molecule has 0 saturated carbocycles. The fourth-order valence-corrected chi connectivity index (χ4v) is 3.44. The number of hydrogen-bond acceptors (Lipinski definition) is 5. The van der Waals surface area contributed by atoms with E-state index in [9.17, 15) is 14.4 Å². The van der Waals surface area contributed by atoms with E-state index in [4.69, 9.17) is 17.0 Å². The zero-order valence-corrected chi connectivity index (χ0v) is 20.0. The number of para-hydroxylation sites is 1. The van der Waals surface area contributed by atoms with E-state index in [1.54, 1.807) is 36.4 Å². The van der Waals surface area contributed by atoms with Gasteiger partial charge in [-0.05, 0) is 61.0 Å². The van der Waals surface area contributed by atoms with Crippen LogP contribution in [0.3, 0.4) is 0 Å². The third kappa shape index (κ3) is 9.38. The molecular weight excluding hydrogens is 462 g/mol. The molecule has 3 N–H and O–H groups in total. The SMILES string of the molecule is O=C(CCC(=O)OCCCc1ccccc1)NC(=S)Nc1cccc(C(=O)Nc2ccccc2)c1. The van der Waals surface area contributed by atoms with E-state index in [1.807, 2.05) is 48.5 Å². The molecule has 0 spiro atoms. The summed E-state index contributed by atoms with van der Waals surface area (Å²) in [5.74, 6) is -1.09. The van der Waals surface area contributed by atoms with Crippen molar-refractivity contribution in [3.63, 3.8) is 0 Å². The van der Waals surface area contributed by atoms with Crippen LogP contribution in [-0.4, -0.2) is 29.5 Å². The smallest absolute Gasteiger partial charge is 0.306 e. The summed E-state index contributed by atoms with van der Waals surface area (Å²) in [6.07, 6.45) is 1.47. The van der Waals surface area contributed by atoms with Gasteiger partial charge in [-0.2, -0.15) is 0 Å². The quantitative estimate of drug-likeness (QED) is 0.217. The Morgan fingerprint density at radius 1 is 0.771 bits per heavy atom. The monoisotopic (exact) mass is 489 g/mol. The van der Waals surface area contributed by atoms with Crippen molar-refractivity contribution >= 4 is 46.5 Å². The lowest BCUT2D eigenvalue weighted by Crippen LogP contribution is -2.34. The third-order valence-corrected chi connectivity index (χ3v) is 5.14. The summed E-state index contributed by atoms with van der Waals surface area (Å²) in [7, 11) is 0. The highest BCUT2D eigenvalue weighted by Crippen LogP contribution is 2.13. The molecular formula is C27H27N3O4S. The Balaban J connectivity index is 1.36. The molecule has 0 fully saturated rings. The lowest BCUT2D eigenvalue weighted by Gasteiger charge is -2.11. The van der Waals surface area contributed by atoms with Crippen molar-refractivity contribution in [1.82, 2.24) is 5.32 Å². The molecule has 8 heteroatoms. The molecule has 0 aliphatic heterocycles. The number of thiocarbonyl (C=S) groups is 1. The lowest BCUT2D eigenvalue weighted by atomic mass is 10.1. The van der Waals surface area contributed by atoms with Gasteiger partial charge in [-0.1, -0.05) is 54.6 Å². The van der Waals surface area contributed by atoms with Gasteiger partial charge in [-0.15, -0.1) is 0 Å². The molecule has 3 aromatic carbocycles. The number of benzene rings is 3. The minimum atomic E-state index is -0.427. The Morgan fingerprint density at radius 2 is 1.46 bits per heavy atom. The molecule has 0 bridgehead atoms. The van der Waals surface area contributed by atoms with Crippen molar-refractivity contribution < 1.29 is 19.1 Å². The summed E-state index contributed by atoms with van der Waals surface area (Å²) < 4.78 is 5.19. The highest BCUT2D eigenvalue weighted by Gasteiger charge is 2.11. The maximum absolute atomic E-state index is 12.5. The van der Waals surface area contributed by atoms with Gasteiger partial charge >= 0.3 is 5.97 Å². The average Bonchev–Trinajstić information content (AvgIpc) is 2.86. The molecule has 0 saturated heterocycles. The van der Waals surface area contributed by atoms with E-state index in [0.29, 0.717) is 23.5 Å². The van der Waals surface area contributed by atoms with Gasteiger partial charge in [0.15, 0.2) is 5.11 Å². The van der Waals surface area contributed by atoms with Crippen LogP contribution in [0.15, 0.2) is 84.9 Å². The minimum absolute atomic E-state index is 0.0328. The number of anilines is 2. The van der Waals surface area contributed by atoms with Gasteiger partial charge in [0, 0.05) is 23.4 Å². The highest BCUT2D eigenvalue weighted by molar-refractivity contribution is 7.80. The third-order valence-electron chi connectivity index (χ3n) is 4.94. The predicted octanol–water partition coefficient (Wildman–Crippen LogP) is 4.71. The molecule has 0 unspecified atom stereocenters. The number of esters is 1. The van der Waals surface area contributed by atoms with E-state index in [0.717, 1.165) is 12.8 Å². The van der Waals surface area contributed by atoms with Gasteiger partial charge < -0.3 is 20.7 Å². The summed E-state index contributed by atoms with van der Waals surface area (Å²) in [4.78, 5) is 36.5. The molecule has 180 valence electrons. The van der Waals surface area contributed by atoms with Gasteiger partial charge in [-0.25, -0.2) is 0 Å². The number of hydrogen-bond donors (Lipinski definition) is 3. The Kier molecular flexibility index (Phi) is 9.95. The molecule has 0 aromatic heterocycles. The van der Waals surface area contributed by atoms with Crippen molar-refractivity contribution in [3.8, 4) is 0 Å². The Bertz CT molecular complexity index is 1150. The summed E-state index contributed by atoms with van der Waals surface area (Å²) >= 11 is 5.18. The fourth-order valence-electron chi connectivity index (χ4n) is 3.21.